The molecule has 2 rings (SSSR count). The number of likely N-dealkylation sites (tertiary alicyclic amines) is 1. The van der Waals surface area contributed by atoms with Gasteiger partial charge in [0.25, 0.3) is 5.56 Å². The first-order chi connectivity index (χ1) is 12.6. The topological polar surface area (TPSA) is 78.7 Å². The van der Waals surface area contributed by atoms with Crippen molar-refractivity contribution in [2.75, 3.05) is 32.7 Å². The first kappa shape index (κ1) is 20.0. The summed E-state index contributed by atoms with van der Waals surface area (Å²) in [7, 11) is 0. The average Bonchev–Trinajstić information content (AvgIpc) is 3.16. The summed E-state index contributed by atoms with van der Waals surface area (Å²) in [5.41, 5.74) is 1.04. The smallest absolute Gasteiger partial charge is 0.250 e. The zero-order valence-corrected chi connectivity index (χ0v) is 16.0. The number of nitrogens with zero attached hydrogens (tertiary/aromatic N) is 3. The van der Waals surface area contributed by atoms with Crippen molar-refractivity contribution in [3.63, 3.8) is 0 Å². The van der Waals surface area contributed by atoms with E-state index in [1.165, 1.54) is 0 Å². The number of rotatable bonds is 8. The Bertz CT molecular complexity index is 662. The summed E-state index contributed by atoms with van der Waals surface area (Å²) in [6.07, 6.45) is 4.02. The zero-order valence-electron chi connectivity index (χ0n) is 16.0. The van der Waals surface area contributed by atoms with Gasteiger partial charge in [0.15, 0.2) is 5.96 Å². The third kappa shape index (κ3) is 6.20. The average molecular weight is 361 g/mol. The molecule has 0 aliphatic carbocycles. The molecule has 0 unspecified atom stereocenters. The number of carbonyl (C=O) groups excluding carboxylic acids is 1. The molecule has 2 heterocycles. The van der Waals surface area contributed by atoms with E-state index in [1.54, 1.807) is 16.7 Å². The summed E-state index contributed by atoms with van der Waals surface area (Å²) in [6.45, 7) is 8.08. The minimum Gasteiger partial charge on any atom is -0.357 e. The van der Waals surface area contributed by atoms with Gasteiger partial charge in [-0.05, 0) is 45.6 Å². The van der Waals surface area contributed by atoms with Gasteiger partial charge in [0.2, 0.25) is 5.91 Å². The van der Waals surface area contributed by atoms with Gasteiger partial charge in [-0.1, -0.05) is 6.07 Å². The number of guanidine groups is 1. The maximum Gasteiger partial charge on any atom is 0.250 e. The number of nitrogens with one attached hydrogen (secondary N) is 2. The molecule has 0 spiro atoms. The van der Waals surface area contributed by atoms with Crippen LogP contribution in [0.3, 0.4) is 0 Å². The molecular formula is C19H31N5O2. The van der Waals surface area contributed by atoms with Crippen molar-refractivity contribution >= 4 is 11.9 Å². The predicted molar refractivity (Wildman–Crippen MR) is 104 cm³/mol. The van der Waals surface area contributed by atoms with Crippen LogP contribution in [0.15, 0.2) is 28.0 Å². The second-order valence-corrected chi connectivity index (χ2v) is 6.57. The van der Waals surface area contributed by atoms with Crippen molar-refractivity contribution in [1.29, 1.82) is 0 Å². The Hall–Kier alpha value is -2.31. The van der Waals surface area contributed by atoms with E-state index in [2.05, 4.69) is 15.6 Å². The lowest BCUT2D eigenvalue weighted by Gasteiger charge is -2.15. The fourth-order valence-corrected chi connectivity index (χ4v) is 3.07. The number of carbonyl (C=O) groups is 1. The van der Waals surface area contributed by atoms with Gasteiger partial charge < -0.3 is 20.1 Å². The second-order valence-electron chi connectivity index (χ2n) is 6.57. The monoisotopic (exact) mass is 361 g/mol. The van der Waals surface area contributed by atoms with Crippen LogP contribution in [0.2, 0.25) is 0 Å². The highest BCUT2D eigenvalue weighted by Crippen LogP contribution is 2.07. The molecule has 2 N–H and O–H groups in total. The molecule has 26 heavy (non-hydrogen) atoms. The van der Waals surface area contributed by atoms with Crippen LogP contribution in [0.25, 0.3) is 0 Å². The third-order valence-corrected chi connectivity index (χ3v) is 4.54. The number of aromatic nitrogens is 1. The van der Waals surface area contributed by atoms with Crippen LogP contribution in [0.5, 0.6) is 0 Å². The van der Waals surface area contributed by atoms with Crippen molar-refractivity contribution in [2.45, 2.75) is 46.1 Å². The predicted octanol–water partition coefficient (Wildman–Crippen LogP) is 1.11. The summed E-state index contributed by atoms with van der Waals surface area (Å²) in [5, 5.41) is 6.43. The lowest BCUT2D eigenvalue weighted by Crippen LogP contribution is -2.39. The molecule has 0 bridgehead atoms. The van der Waals surface area contributed by atoms with Gasteiger partial charge in [0.05, 0.1) is 0 Å². The molecule has 144 valence electrons. The van der Waals surface area contributed by atoms with E-state index < -0.39 is 0 Å². The molecule has 7 heteroatoms. The maximum atomic E-state index is 12.1. The number of pyridine rings is 1. The third-order valence-electron chi connectivity index (χ3n) is 4.54. The van der Waals surface area contributed by atoms with Gasteiger partial charge in [-0.3, -0.25) is 9.59 Å². The Balaban J connectivity index is 1.73. The molecule has 1 aliphatic heterocycles. The summed E-state index contributed by atoms with van der Waals surface area (Å²) in [6, 6.07) is 5.34. The van der Waals surface area contributed by atoms with Gasteiger partial charge >= 0.3 is 0 Å². The minimum atomic E-state index is 0.0493. The summed E-state index contributed by atoms with van der Waals surface area (Å²) < 4.78 is 1.80. The fraction of sp³-hybridized carbons (Fsp3) is 0.632. The lowest BCUT2D eigenvalue weighted by molar-refractivity contribution is -0.128. The molecular weight excluding hydrogens is 330 g/mol. The summed E-state index contributed by atoms with van der Waals surface area (Å²) in [5.74, 6) is 0.770. The van der Waals surface area contributed by atoms with Crippen LogP contribution >= 0.6 is 0 Å². The van der Waals surface area contributed by atoms with Gasteiger partial charge in [0.1, 0.15) is 6.54 Å². The number of aryl methyl sites for hydroxylation is 1. The molecule has 1 saturated heterocycles. The highest BCUT2D eigenvalue weighted by molar-refractivity contribution is 5.85. The van der Waals surface area contributed by atoms with E-state index in [1.807, 2.05) is 24.8 Å². The Labute approximate surface area is 155 Å². The molecule has 0 atom stereocenters. The Morgan fingerprint density at radius 1 is 1.19 bits per heavy atom. The lowest BCUT2D eigenvalue weighted by atomic mass is 10.3. The molecule has 7 nitrogen and oxygen atoms in total. The van der Waals surface area contributed by atoms with Gasteiger partial charge in [0, 0.05) is 44.5 Å². The Morgan fingerprint density at radius 3 is 2.65 bits per heavy atom. The van der Waals surface area contributed by atoms with E-state index in [4.69, 9.17) is 0 Å². The van der Waals surface area contributed by atoms with E-state index >= 15 is 0 Å². The molecule has 1 aromatic heterocycles. The normalized spacial score (nSPS) is 14.5. The van der Waals surface area contributed by atoms with Gasteiger partial charge in [-0.2, -0.15) is 0 Å². The van der Waals surface area contributed by atoms with Gasteiger partial charge in [-0.15, -0.1) is 0 Å². The van der Waals surface area contributed by atoms with E-state index in [0.29, 0.717) is 12.5 Å². The first-order valence-electron chi connectivity index (χ1n) is 9.58. The number of hydrogen-bond acceptors (Lipinski definition) is 3. The van der Waals surface area contributed by atoms with Crippen LogP contribution in [0, 0.1) is 6.92 Å². The maximum absolute atomic E-state index is 12.1. The highest BCUT2D eigenvalue weighted by Gasteiger charge is 2.17. The molecule has 0 aromatic carbocycles. The van der Waals surface area contributed by atoms with Gasteiger partial charge in [-0.25, -0.2) is 4.99 Å². The van der Waals surface area contributed by atoms with Crippen molar-refractivity contribution in [2.24, 2.45) is 4.99 Å². The standard InChI is InChI=1S/C19H31N5O2/c1-3-20-19(22-15-18(26)23-12-6-7-13-23)21-11-4-5-14-24-16(2)9-8-10-17(24)25/h8-10H,3-7,11-15H2,1-2H3,(H2,20,21,22). The summed E-state index contributed by atoms with van der Waals surface area (Å²) >= 11 is 0. The minimum absolute atomic E-state index is 0.0493. The quantitative estimate of drug-likeness (QED) is 0.413. The number of aliphatic imine (C=N–C) groups is 1. The van der Waals surface area contributed by atoms with Crippen molar-refractivity contribution in [3.8, 4) is 0 Å². The van der Waals surface area contributed by atoms with Crippen molar-refractivity contribution in [3.05, 3.63) is 34.2 Å². The Kier molecular flexibility index (Phi) is 8.18. The van der Waals surface area contributed by atoms with Crippen molar-refractivity contribution < 1.29 is 4.79 Å². The van der Waals surface area contributed by atoms with Crippen LogP contribution in [-0.4, -0.2) is 54.1 Å². The second kappa shape index (κ2) is 10.6. The largest absolute Gasteiger partial charge is 0.357 e. The molecule has 0 radical (unpaired) electrons. The molecule has 0 saturated carbocycles. The van der Waals surface area contributed by atoms with E-state index in [-0.39, 0.29) is 18.0 Å². The van der Waals surface area contributed by atoms with Crippen LogP contribution in [0.1, 0.15) is 38.3 Å². The molecule has 1 aliphatic rings. The number of hydrogen-bond donors (Lipinski definition) is 2. The number of unbranched alkanes of at least 4 members (excludes halogenated alkanes) is 1. The molecule has 1 amide bonds. The van der Waals surface area contributed by atoms with Crippen LogP contribution in [0.4, 0.5) is 0 Å². The highest BCUT2D eigenvalue weighted by atomic mass is 16.2. The van der Waals surface area contributed by atoms with Crippen molar-refractivity contribution in [1.82, 2.24) is 20.1 Å². The molecule has 1 fully saturated rings. The van der Waals surface area contributed by atoms with E-state index in [9.17, 15) is 9.59 Å². The van der Waals surface area contributed by atoms with Crippen LogP contribution in [-0.2, 0) is 11.3 Å². The first-order valence-corrected chi connectivity index (χ1v) is 9.58. The fourth-order valence-electron chi connectivity index (χ4n) is 3.07. The zero-order chi connectivity index (χ0) is 18.8. The van der Waals surface area contributed by atoms with E-state index in [0.717, 1.165) is 57.6 Å². The van der Waals surface area contributed by atoms with Crippen LogP contribution < -0.4 is 16.2 Å². The molecule has 1 aromatic rings. The number of amides is 1. The Morgan fingerprint density at radius 2 is 1.96 bits per heavy atom. The SMILES string of the molecule is CCNC(=NCC(=O)N1CCCC1)NCCCCn1c(C)cccc1=O. The summed E-state index contributed by atoms with van der Waals surface area (Å²) in [4.78, 5) is 30.2.